The molecule has 1 rings (SSSR count). The number of carboxylic acids is 1. The van der Waals surface area contributed by atoms with Gasteiger partial charge in [0.1, 0.15) is 5.75 Å². The summed E-state index contributed by atoms with van der Waals surface area (Å²) in [7, 11) is 0. The monoisotopic (exact) mass is 407 g/mol. The van der Waals surface area contributed by atoms with Crippen molar-refractivity contribution < 1.29 is 19.4 Å². The normalized spacial score (nSPS) is 8.87. The van der Waals surface area contributed by atoms with Gasteiger partial charge >= 0.3 is 38.1 Å². The van der Waals surface area contributed by atoms with E-state index in [1.807, 2.05) is 0 Å². The van der Waals surface area contributed by atoms with Gasteiger partial charge in [0.2, 0.25) is 0 Å². The predicted molar refractivity (Wildman–Crippen MR) is 57.5 cm³/mol. The van der Waals surface area contributed by atoms with Crippen molar-refractivity contribution in [2.45, 2.75) is 6.54 Å². The Morgan fingerprint density at radius 2 is 1.80 bits per heavy atom. The Morgan fingerprint density at radius 1 is 1.27 bits per heavy atom. The molecule has 0 saturated carbocycles. The average molecular weight is 407 g/mol. The van der Waals surface area contributed by atoms with Crippen molar-refractivity contribution >= 4 is 38.1 Å². The van der Waals surface area contributed by atoms with Crippen LogP contribution >= 0.6 is 0 Å². The Labute approximate surface area is 105 Å². The van der Waals surface area contributed by atoms with E-state index in [0.717, 1.165) is 5.56 Å². The summed E-state index contributed by atoms with van der Waals surface area (Å²) in [6.45, 7) is 0.382. The van der Waals surface area contributed by atoms with Gasteiger partial charge in [0.15, 0.2) is 0 Å². The Hall–Kier alpha value is -0.997. The zero-order chi connectivity index (χ0) is 10.6. The van der Waals surface area contributed by atoms with Crippen LogP contribution in [-0.4, -0.2) is 43.2 Å². The molecular weight excluding hydrogens is 395 g/mol. The van der Waals surface area contributed by atoms with E-state index in [1.165, 1.54) is 12.1 Å². The fourth-order valence-corrected chi connectivity index (χ4v) is 0.844. The molecule has 0 heterocycles. The van der Waals surface area contributed by atoms with E-state index in [-0.39, 0.29) is 32.0 Å². The number of rotatable bonds is 2. The van der Waals surface area contributed by atoms with Gasteiger partial charge in [-0.1, -0.05) is 12.1 Å². The number of esters is 1. The van der Waals surface area contributed by atoms with Crippen molar-refractivity contribution in [2.24, 2.45) is 5.73 Å². The van der Waals surface area contributed by atoms with E-state index in [9.17, 15) is 9.59 Å². The zero-order valence-corrected chi connectivity index (χ0v) is 13.5. The van der Waals surface area contributed by atoms with Crippen molar-refractivity contribution in [1.82, 2.24) is 0 Å². The predicted octanol–water partition coefficient (Wildman–Crippen LogP) is -1.05. The summed E-state index contributed by atoms with van der Waals surface area (Å²) in [5.74, 6) is -2.73. The maximum absolute atomic E-state index is 10.6. The van der Waals surface area contributed by atoms with Crippen LogP contribution in [0.25, 0.3) is 0 Å². The van der Waals surface area contributed by atoms with Crippen LogP contribution in [0.1, 0.15) is 5.56 Å². The Balaban J connectivity index is 0.00000196. The van der Waals surface area contributed by atoms with Gasteiger partial charge in [0.05, 0.1) is 0 Å². The second kappa shape index (κ2) is 6.48. The molecule has 3 N–H and O–H groups in total. The summed E-state index contributed by atoms with van der Waals surface area (Å²) < 4.78 is 4.50. The standard InChI is InChI=1S/C9H9NO4.Bi.3H/c10-5-6-1-3-7(4-2-6)14-9(13)8(11)12;;;;/h1-4H,5,10H2,(H,11,12);;;;. The van der Waals surface area contributed by atoms with Gasteiger partial charge in [0, 0.05) is 6.54 Å². The summed E-state index contributed by atoms with van der Waals surface area (Å²) >= 11 is 0. The van der Waals surface area contributed by atoms with Crippen molar-refractivity contribution in [3.05, 3.63) is 29.8 Å². The Kier molecular flexibility index (Phi) is 6.05. The molecule has 0 atom stereocenters. The van der Waals surface area contributed by atoms with Crippen LogP contribution < -0.4 is 10.5 Å². The number of hydrogen-bond donors (Lipinski definition) is 2. The second-order valence-corrected chi connectivity index (χ2v) is 2.54. The molecule has 15 heavy (non-hydrogen) atoms. The van der Waals surface area contributed by atoms with Crippen molar-refractivity contribution in [2.75, 3.05) is 0 Å². The Bertz CT molecular complexity index is 350. The summed E-state index contributed by atoms with van der Waals surface area (Å²) in [6, 6.07) is 6.29. The van der Waals surface area contributed by atoms with E-state index in [4.69, 9.17) is 10.8 Å². The number of ether oxygens (including phenoxy) is 1. The minimum absolute atomic E-state index is 0. The summed E-state index contributed by atoms with van der Waals surface area (Å²) in [6.07, 6.45) is 0. The first-order chi connectivity index (χ1) is 6.63. The van der Waals surface area contributed by atoms with Gasteiger partial charge in [-0.2, -0.15) is 0 Å². The molecule has 0 aliphatic heterocycles. The fourth-order valence-electron chi connectivity index (χ4n) is 0.844. The van der Waals surface area contributed by atoms with Gasteiger partial charge in [-0.3, -0.25) is 0 Å². The topological polar surface area (TPSA) is 89.6 Å². The van der Waals surface area contributed by atoms with Crippen LogP contribution in [0, 0.1) is 0 Å². The molecule has 1 aromatic carbocycles. The summed E-state index contributed by atoms with van der Waals surface area (Å²) in [5, 5.41) is 8.25. The maximum atomic E-state index is 10.6. The van der Waals surface area contributed by atoms with Crippen LogP contribution in [0.3, 0.4) is 0 Å². The second-order valence-electron chi connectivity index (χ2n) is 2.54. The van der Waals surface area contributed by atoms with Crippen LogP contribution in [0.5, 0.6) is 5.75 Å². The molecule has 5 nitrogen and oxygen atoms in total. The van der Waals surface area contributed by atoms with Gasteiger partial charge in [0.25, 0.3) is 0 Å². The van der Waals surface area contributed by atoms with Crippen molar-refractivity contribution in [3.63, 3.8) is 0 Å². The summed E-state index contributed by atoms with van der Waals surface area (Å²) in [5.41, 5.74) is 6.22. The van der Waals surface area contributed by atoms with E-state index in [2.05, 4.69) is 4.74 Å². The van der Waals surface area contributed by atoms with E-state index in [0.29, 0.717) is 6.54 Å². The fraction of sp³-hybridized carbons (Fsp3) is 0.111. The molecule has 0 aliphatic rings. The summed E-state index contributed by atoms with van der Waals surface area (Å²) in [4.78, 5) is 20.8. The molecule has 6 heteroatoms. The average Bonchev–Trinajstić information content (AvgIpc) is 2.19. The molecule has 0 saturated heterocycles. The number of carboxylic acid groups (broad SMARTS) is 1. The van der Waals surface area contributed by atoms with Crippen LogP contribution in [0.4, 0.5) is 0 Å². The molecular formula is C9H12BiNO4. The number of nitrogens with two attached hydrogens (primary N) is 1. The molecule has 82 valence electrons. The third-order valence-corrected chi connectivity index (χ3v) is 1.54. The van der Waals surface area contributed by atoms with Gasteiger partial charge in [-0.15, -0.1) is 0 Å². The third kappa shape index (κ3) is 4.36. The minimum atomic E-state index is -1.62. The number of benzene rings is 1. The van der Waals surface area contributed by atoms with Crippen molar-refractivity contribution in [3.8, 4) is 5.75 Å². The van der Waals surface area contributed by atoms with Gasteiger partial charge in [-0.05, 0) is 17.7 Å². The first kappa shape index (κ1) is 14.0. The molecule has 0 amide bonds. The van der Waals surface area contributed by atoms with Crippen LogP contribution in [0.2, 0.25) is 0 Å². The third-order valence-electron chi connectivity index (χ3n) is 1.54. The van der Waals surface area contributed by atoms with E-state index in [1.54, 1.807) is 12.1 Å². The van der Waals surface area contributed by atoms with Crippen LogP contribution in [0.15, 0.2) is 24.3 Å². The first-order valence-corrected chi connectivity index (χ1v) is 3.87. The molecule has 0 radical (unpaired) electrons. The van der Waals surface area contributed by atoms with Crippen molar-refractivity contribution in [1.29, 1.82) is 0 Å². The van der Waals surface area contributed by atoms with Gasteiger partial charge in [-0.25, -0.2) is 9.59 Å². The molecule has 1 aromatic rings. The number of hydrogen-bond acceptors (Lipinski definition) is 4. The van der Waals surface area contributed by atoms with Crippen LogP contribution in [-0.2, 0) is 16.1 Å². The quantitative estimate of drug-likeness (QED) is 0.283. The molecule has 0 spiro atoms. The zero-order valence-electron chi connectivity index (χ0n) is 7.97. The molecule has 0 aliphatic carbocycles. The molecule has 0 aromatic heterocycles. The number of carbonyl (C=O) groups excluding carboxylic acids is 1. The first-order valence-electron chi connectivity index (χ1n) is 3.87. The Morgan fingerprint density at radius 3 is 2.20 bits per heavy atom. The van der Waals surface area contributed by atoms with E-state index >= 15 is 0 Å². The molecule has 0 bridgehead atoms. The molecule has 0 unspecified atom stereocenters. The van der Waals surface area contributed by atoms with Gasteiger partial charge < -0.3 is 15.6 Å². The number of carbonyl (C=O) groups is 2. The SMILES string of the molecule is NCc1ccc(OC(=O)C(=O)O)cc1.[BiH3]. The number of aliphatic carboxylic acids is 1. The molecule has 0 fully saturated rings. The van der Waals surface area contributed by atoms with E-state index < -0.39 is 11.9 Å².